The van der Waals surface area contributed by atoms with Gasteiger partial charge in [-0.2, -0.15) is 17.0 Å². The van der Waals surface area contributed by atoms with Gasteiger partial charge in [0.25, 0.3) is 0 Å². The predicted octanol–water partition coefficient (Wildman–Crippen LogP) is 2.79. The summed E-state index contributed by atoms with van der Waals surface area (Å²) < 4.78 is 4.65. The summed E-state index contributed by atoms with van der Waals surface area (Å²) in [4.78, 5) is 11.3. The quantitative estimate of drug-likeness (QED) is 0.753. The Morgan fingerprint density at radius 1 is 1.62 bits per heavy atom. The third-order valence-electron chi connectivity index (χ3n) is 2.24. The number of thioether (sulfide) groups is 1. The molecular formula is C12H13NO2S. The van der Waals surface area contributed by atoms with Gasteiger partial charge in [0.05, 0.1) is 25.2 Å². The van der Waals surface area contributed by atoms with Crippen LogP contribution < -0.4 is 0 Å². The molecule has 0 spiro atoms. The number of carbonyl (C=O) groups excluding carboxylic acids is 1. The minimum Gasteiger partial charge on any atom is -0.465 e. The van der Waals surface area contributed by atoms with Crippen LogP contribution in [0.1, 0.15) is 27.6 Å². The van der Waals surface area contributed by atoms with Crippen LogP contribution in [0.2, 0.25) is 0 Å². The Morgan fingerprint density at radius 2 is 2.38 bits per heavy atom. The molecule has 0 bridgehead atoms. The number of benzene rings is 1. The summed E-state index contributed by atoms with van der Waals surface area (Å²) in [6.07, 6.45) is 2.39. The zero-order valence-electron chi connectivity index (χ0n) is 9.27. The lowest BCUT2D eigenvalue weighted by Crippen LogP contribution is -2.02. The van der Waals surface area contributed by atoms with Gasteiger partial charge in [-0.25, -0.2) is 4.79 Å². The SMILES string of the molecule is COC(=O)c1cccc(C(CC#N)SC)c1. The fraction of sp³-hybridized carbons (Fsp3) is 0.333. The molecule has 0 aliphatic heterocycles. The summed E-state index contributed by atoms with van der Waals surface area (Å²) >= 11 is 1.60. The molecule has 1 aromatic carbocycles. The highest BCUT2D eigenvalue weighted by atomic mass is 32.2. The lowest BCUT2D eigenvalue weighted by molar-refractivity contribution is 0.0600. The largest absolute Gasteiger partial charge is 0.465 e. The normalized spacial score (nSPS) is 11.6. The number of rotatable bonds is 4. The van der Waals surface area contributed by atoms with Gasteiger partial charge in [-0.15, -0.1) is 0 Å². The first-order chi connectivity index (χ1) is 7.72. The Bertz CT molecular complexity index is 412. The molecule has 0 amide bonds. The molecule has 1 aromatic rings. The molecule has 1 rings (SSSR count). The molecule has 0 N–H and O–H groups in total. The van der Waals surface area contributed by atoms with Crippen molar-refractivity contribution in [1.82, 2.24) is 0 Å². The van der Waals surface area contributed by atoms with Crippen molar-refractivity contribution >= 4 is 17.7 Å². The summed E-state index contributed by atoms with van der Waals surface area (Å²) in [7, 11) is 1.36. The number of hydrogen-bond donors (Lipinski definition) is 0. The topological polar surface area (TPSA) is 50.1 Å². The summed E-state index contributed by atoms with van der Waals surface area (Å²) in [6, 6.07) is 9.36. The number of nitrogens with zero attached hydrogens (tertiary/aromatic N) is 1. The molecule has 0 saturated carbocycles. The molecule has 0 saturated heterocycles. The summed E-state index contributed by atoms with van der Waals surface area (Å²) in [5.74, 6) is -0.348. The van der Waals surface area contributed by atoms with E-state index in [1.165, 1.54) is 7.11 Å². The first-order valence-corrected chi connectivity index (χ1v) is 6.09. The zero-order valence-corrected chi connectivity index (χ0v) is 10.1. The lowest BCUT2D eigenvalue weighted by Gasteiger charge is -2.11. The van der Waals surface area contributed by atoms with Crippen LogP contribution in [-0.4, -0.2) is 19.3 Å². The number of carbonyl (C=O) groups is 1. The van der Waals surface area contributed by atoms with Gasteiger partial charge in [-0.05, 0) is 24.0 Å². The summed E-state index contributed by atoms with van der Waals surface area (Å²) in [6.45, 7) is 0. The number of nitriles is 1. The fourth-order valence-electron chi connectivity index (χ4n) is 1.40. The van der Waals surface area contributed by atoms with Gasteiger partial charge in [-0.3, -0.25) is 0 Å². The molecule has 1 unspecified atom stereocenters. The first kappa shape index (κ1) is 12.6. The van der Waals surface area contributed by atoms with Gasteiger partial charge in [0.15, 0.2) is 0 Å². The summed E-state index contributed by atoms with van der Waals surface area (Å²) in [5.41, 5.74) is 1.51. The van der Waals surface area contributed by atoms with Gasteiger partial charge in [0, 0.05) is 5.25 Å². The van der Waals surface area contributed by atoms with E-state index in [-0.39, 0.29) is 11.2 Å². The third-order valence-corrected chi connectivity index (χ3v) is 3.25. The van der Waals surface area contributed by atoms with E-state index in [1.54, 1.807) is 23.9 Å². The molecule has 0 aromatic heterocycles. The molecule has 3 nitrogen and oxygen atoms in total. The molecule has 0 heterocycles. The highest BCUT2D eigenvalue weighted by molar-refractivity contribution is 7.98. The molecule has 0 aliphatic rings. The number of hydrogen-bond acceptors (Lipinski definition) is 4. The van der Waals surface area contributed by atoms with Crippen molar-refractivity contribution < 1.29 is 9.53 Å². The Labute approximate surface area is 99.4 Å². The van der Waals surface area contributed by atoms with E-state index < -0.39 is 0 Å². The average Bonchev–Trinajstić information content (AvgIpc) is 2.35. The maximum Gasteiger partial charge on any atom is 0.337 e. The van der Waals surface area contributed by atoms with Gasteiger partial charge in [0.2, 0.25) is 0 Å². The van der Waals surface area contributed by atoms with Gasteiger partial charge >= 0.3 is 5.97 Å². The Balaban J connectivity index is 2.97. The second kappa shape index (κ2) is 6.19. The zero-order chi connectivity index (χ0) is 12.0. The predicted molar refractivity (Wildman–Crippen MR) is 64.3 cm³/mol. The second-order valence-corrected chi connectivity index (χ2v) is 4.24. The van der Waals surface area contributed by atoms with Crippen LogP contribution in [0.4, 0.5) is 0 Å². The number of ether oxygens (including phenoxy) is 1. The van der Waals surface area contributed by atoms with Crippen LogP contribution in [0.15, 0.2) is 24.3 Å². The monoisotopic (exact) mass is 235 g/mol. The lowest BCUT2D eigenvalue weighted by atomic mass is 10.1. The maximum absolute atomic E-state index is 11.3. The minimum absolute atomic E-state index is 0.106. The fourth-order valence-corrected chi connectivity index (χ4v) is 2.06. The van der Waals surface area contributed by atoms with Crippen LogP contribution in [-0.2, 0) is 4.74 Å². The first-order valence-electron chi connectivity index (χ1n) is 4.81. The van der Waals surface area contributed by atoms with Crippen molar-refractivity contribution in [1.29, 1.82) is 5.26 Å². The van der Waals surface area contributed by atoms with E-state index >= 15 is 0 Å². The molecule has 0 radical (unpaired) electrons. The van der Waals surface area contributed by atoms with E-state index in [1.807, 2.05) is 18.4 Å². The summed E-state index contributed by atoms with van der Waals surface area (Å²) in [5, 5.41) is 8.80. The molecule has 1 atom stereocenters. The molecule has 0 aliphatic carbocycles. The van der Waals surface area contributed by atoms with E-state index in [4.69, 9.17) is 5.26 Å². The van der Waals surface area contributed by atoms with Crippen LogP contribution in [0, 0.1) is 11.3 Å². The van der Waals surface area contributed by atoms with Crippen LogP contribution >= 0.6 is 11.8 Å². The maximum atomic E-state index is 11.3. The Morgan fingerprint density at radius 3 is 2.94 bits per heavy atom. The Kier molecular flexibility index (Phi) is 4.87. The van der Waals surface area contributed by atoms with Crippen molar-refractivity contribution in [3.63, 3.8) is 0 Å². The van der Waals surface area contributed by atoms with Crippen molar-refractivity contribution in [3.05, 3.63) is 35.4 Å². The van der Waals surface area contributed by atoms with Crippen LogP contribution in [0.25, 0.3) is 0 Å². The smallest absolute Gasteiger partial charge is 0.337 e. The molecule has 0 fully saturated rings. The molecule has 4 heteroatoms. The molecule has 16 heavy (non-hydrogen) atoms. The molecular weight excluding hydrogens is 222 g/mol. The van der Waals surface area contributed by atoms with Crippen molar-refractivity contribution in [2.24, 2.45) is 0 Å². The van der Waals surface area contributed by atoms with Crippen molar-refractivity contribution in [2.75, 3.05) is 13.4 Å². The minimum atomic E-state index is -0.348. The number of esters is 1. The van der Waals surface area contributed by atoms with E-state index in [0.717, 1.165) is 5.56 Å². The second-order valence-electron chi connectivity index (χ2n) is 3.20. The van der Waals surface area contributed by atoms with Gasteiger partial charge in [-0.1, -0.05) is 12.1 Å². The van der Waals surface area contributed by atoms with Crippen molar-refractivity contribution in [3.8, 4) is 6.07 Å². The van der Waals surface area contributed by atoms with Crippen LogP contribution in [0.3, 0.4) is 0 Å². The van der Waals surface area contributed by atoms with Gasteiger partial charge in [0.1, 0.15) is 0 Å². The molecule has 84 valence electrons. The number of methoxy groups -OCH3 is 1. The van der Waals surface area contributed by atoms with Crippen molar-refractivity contribution in [2.45, 2.75) is 11.7 Å². The average molecular weight is 235 g/mol. The van der Waals surface area contributed by atoms with E-state index in [2.05, 4.69) is 10.8 Å². The van der Waals surface area contributed by atoms with Crippen LogP contribution in [0.5, 0.6) is 0 Å². The third kappa shape index (κ3) is 3.01. The highest BCUT2D eigenvalue weighted by Crippen LogP contribution is 2.30. The van der Waals surface area contributed by atoms with E-state index in [0.29, 0.717) is 12.0 Å². The Hall–Kier alpha value is -1.47. The standard InChI is InChI=1S/C12H13NO2S/c1-15-12(14)10-5-3-4-9(8-10)11(16-2)6-7-13/h3-5,8,11H,6H2,1-2H3. The van der Waals surface area contributed by atoms with E-state index in [9.17, 15) is 4.79 Å². The van der Waals surface area contributed by atoms with Gasteiger partial charge < -0.3 is 4.74 Å². The highest BCUT2D eigenvalue weighted by Gasteiger charge is 2.12.